The quantitative estimate of drug-likeness (QED) is 0.467. The second-order valence-corrected chi connectivity index (χ2v) is 9.69. The number of hydrogen-bond donors (Lipinski definition) is 0. The minimum atomic E-state index is -0.151. The number of benzene rings is 1. The summed E-state index contributed by atoms with van der Waals surface area (Å²) < 4.78 is 2.03. The fourth-order valence-electron chi connectivity index (χ4n) is 3.83. The third-order valence-electron chi connectivity index (χ3n) is 5.55. The van der Waals surface area contributed by atoms with Gasteiger partial charge in [-0.25, -0.2) is 4.98 Å². The number of thiophene rings is 2. The average Bonchev–Trinajstić information content (AvgIpc) is 3.47. The van der Waals surface area contributed by atoms with Crippen molar-refractivity contribution in [2.45, 2.75) is 13.1 Å². The van der Waals surface area contributed by atoms with Crippen LogP contribution in [0.3, 0.4) is 0 Å². The molecule has 1 aromatic carbocycles. The maximum Gasteiger partial charge on any atom is 0.271 e. The van der Waals surface area contributed by atoms with Gasteiger partial charge >= 0.3 is 0 Å². The van der Waals surface area contributed by atoms with Crippen LogP contribution in [0.2, 0.25) is 0 Å². The smallest absolute Gasteiger partial charge is 0.271 e. The molecule has 0 saturated carbocycles. The molecule has 4 heterocycles. The molecule has 0 bridgehead atoms. The Bertz CT molecular complexity index is 1240. The summed E-state index contributed by atoms with van der Waals surface area (Å²) in [5.41, 5.74) is 1.59. The fourth-order valence-corrected chi connectivity index (χ4v) is 5.64. The molecule has 1 fully saturated rings. The average molecular weight is 451 g/mol. The van der Waals surface area contributed by atoms with Crippen molar-refractivity contribution in [2.24, 2.45) is 0 Å². The number of fused-ring (bicyclic) bond motifs is 1. The summed E-state index contributed by atoms with van der Waals surface area (Å²) in [6, 6.07) is 16.1. The number of amides is 1. The fraction of sp³-hybridized carbons (Fsp3) is 0.261. The summed E-state index contributed by atoms with van der Waals surface area (Å²) in [6.07, 6.45) is 1.50. The highest BCUT2D eigenvalue weighted by atomic mass is 32.1. The van der Waals surface area contributed by atoms with E-state index in [4.69, 9.17) is 0 Å². The van der Waals surface area contributed by atoms with Gasteiger partial charge in [-0.3, -0.25) is 19.1 Å². The lowest BCUT2D eigenvalue weighted by Gasteiger charge is -2.34. The minimum Gasteiger partial charge on any atom is -0.339 e. The van der Waals surface area contributed by atoms with E-state index in [1.807, 2.05) is 41.3 Å². The van der Waals surface area contributed by atoms with Crippen molar-refractivity contribution in [1.82, 2.24) is 19.4 Å². The zero-order chi connectivity index (χ0) is 21.2. The van der Waals surface area contributed by atoms with Gasteiger partial charge in [0.1, 0.15) is 11.2 Å². The van der Waals surface area contributed by atoms with Gasteiger partial charge in [-0.05, 0) is 23.1 Å². The van der Waals surface area contributed by atoms with Crippen LogP contribution in [0.15, 0.2) is 65.0 Å². The standard InChI is InChI=1S/C23H22N4O2S2/c28-21(26-10-8-25(9-11-26)14-18-7-4-12-30-18)15-27-16-24-19-13-20(31-22(19)23(27)29)17-5-2-1-3-6-17/h1-7,12-13,16H,8-11,14-15H2. The van der Waals surface area contributed by atoms with Crippen molar-refractivity contribution in [2.75, 3.05) is 26.2 Å². The number of hydrogen-bond acceptors (Lipinski definition) is 6. The van der Waals surface area contributed by atoms with Crippen LogP contribution < -0.4 is 5.56 Å². The molecule has 1 aliphatic rings. The van der Waals surface area contributed by atoms with Crippen LogP contribution in [0.4, 0.5) is 0 Å². The summed E-state index contributed by atoms with van der Waals surface area (Å²) >= 11 is 3.19. The summed E-state index contributed by atoms with van der Waals surface area (Å²) in [5.74, 6) is -0.0288. The summed E-state index contributed by atoms with van der Waals surface area (Å²) in [5, 5.41) is 2.09. The Hall–Kier alpha value is -2.81. The third-order valence-corrected chi connectivity index (χ3v) is 7.57. The van der Waals surface area contributed by atoms with Crippen LogP contribution >= 0.6 is 22.7 Å². The van der Waals surface area contributed by atoms with E-state index in [1.54, 1.807) is 11.3 Å². The van der Waals surface area contributed by atoms with Gasteiger partial charge in [-0.2, -0.15) is 0 Å². The molecule has 0 N–H and O–H groups in total. The lowest BCUT2D eigenvalue weighted by Crippen LogP contribution is -2.49. The van der Waals surface area contributed by atoms with E-state index in [0.29, 0.717) is 23.3 Å². The van der Waals surface area contributed by atoms with Gasteiger partial charge in [0.05, 0.1) is 11.8 Å². The first-order valence-electron chi connectivity index (χ1n) is 10.2. The molecule has 0 aliphatic carbocycles. The molecule has 8 heteroatoms. The molecule has 1 saturated heterocycles. The van der Waals surface area contributed by atoms with Gasteiger partial charge in [0.2, 0.25) is 5.91 Å². The Morgan fingerprint density at radius 3 is 2.58 bits per heavy atom. The molecular formula is C23H22N4O2S2. The van der Waals surface area contributed by atoms with E-state index in [2.05, 4.69) is 27.4 Å². The summed E-state index contributed by atoms with van der Waals surface area (Å²) in [4.78, 5) is 36.8. The van der Waals surface area contributed by atoms with Crippen LogP contribution in [0.1, 0.15) is 4.88 Å². The van der Waals surface area contributed by atoms with E-state index < -0.39 is 0 Å². The van der Waals surface area contributed by atoms with Crippen LogP contribution in [0.5, 0.6) is 0 Å². The Morgan fingerprint density at radius 2 is 1.84 bits per heavy atom. The lowest BCUT2D eigenvalue weighted by atomic mass is 10.2. The normalized spacial score (nSPS) is 14.9. The van der Waals surface area contributed by atoms with Gasteiger partial charge in [0.25, 0.3) is 5.56 Å². The summed E-state index contributed by atoms with van der Waals surface area (Å²) in [6.45, 7) is 4.03. The number of nitrogens with zero attached hydrogens (tertiary/aromatic N) is 4. The van der Waals surface area contributed by atoms with Gasteiger partial charge in [-0.15, -0.1) is 22.7 Å². The molecule has 0 radical (unpaired) electrons. The van der Waals surface area contributed by atoms with Crippen LogP contribution in [0, 0.1) is 0 Å². The molecule has 4 aromatic rings. The zero-order valence-electron chi connectivity index (χ0n) is 16.9. The van der Waals surface area contributed by atoms with Crippen molar-refractivity contribution < 1.29 is 4.79 Å². The van der Waals surface area contributed by atoms with Crippen molar-refractivity contribution >= 4 is 38.8 Å². The van der Waals surface area contributed by atoms with E-state index in [0.717, 1.165) is 30.1 Å². The largest absolute Gasteiger partial charge is 0.339 e. The molecule has 31 heavy (non-hydrogen) atoms. The van der Waals surface area contributed by atoms with E-state index in [1.165, 1.54) is 27.1 Å². The van der Waals surface area contributed by atoms with Gasteiger partial charge < -0.3 is 4.90 Å². The number of piperazine rings is 1. The predicted molar refractivity (Wildman–Crippen MR) is 125 cm³/mol. The minimum absolute atomic E-state index is 0.0288. The maximum absolute atomic E-state index is 13.0. The van der Waals surface area contributed by atoms with Crippen LogP contribution in [0.25, 0.3) is 20.7 Å². The predicted octanol–water partition coefficient (Wildman–Crippen LogP) is 3.53. The number of carbonyl (C=O) groups is 1. The molecule has 0 spiro atoms. The third kappa shape index (κ3) is 4.32. The Balaban J connectivity index is 1.26. The van der Waals surface area contributed by atoms with E-state index in [9.17, 15) is 9.59 Å². The lowest BCUT2D eigenvalue weighted by molar-refractivity contribution is -0.133. The van der Waals surface area contributed by atoms with Crippen LogP contribution in [-0.2, 0) is 17.9 Å². The van der Waals surface area contributed by atoms with Gasteiger partial charge in [0.15, 0.2) is 0 Å². The topological polar surface area (TPSA) is 58.4 Å². The second kappa shape index (κ2) is 8.74. The summed E-state index contributed by atoms with van der Waals surface area (Å²) in [7, 11) is 0. The van der Waals surface area contributed by atoms with Crippen molar-refractivity contribution in [1.29, 1.82) is 0 Å². The molecule has 158 valence electrons. The Kier molecular flexibility index (Phi) is 5.67. The number of rotatable bonds is 5. The Morgan fingerprint density at radius 1 is 1.03 bits per heavy atom. The first-order valence-corrected chi connectivity index (χ1v) is 11.9. The van der Waals surface area contributed by atoms with Gasteiger partial charge in [0, 0.05) is 42.5 Å². The van der Waals surface area contributed by atoms with Gasteiger partial charge in [-0.1, -0.05) is 36.4 Å². The molecule has 1 aliphatic heterocycles. The molecule has 6 nitrogen and oxygen atoms in total. The molecule has 0 unspecified atom stereocenters. The maximum atomic E-state index is 13.0. The molecule has 0 atom stereocenters. The van der Waals surface area contributed by atoms with E-state index in [-0.39, 0.29) is 18.0 Å². The van der Waals surface area contributed by atoms with Crippen LogP contribution in [-0.4, -0.2) is 51.4 Å². The van der Waals surface area contributed by atoms with Crippen molar-refractivity contribution in [3.63, 3.8) is 0 Å². The molecule has 5 rings (SSSR count). The molecule has 1 amide bonds. The number of aromatic nitrogens is 2. The first-order chi connectivity index (χ1) is 15.2. The molecule has 3 aromatic heterocycles. The Labute approximate surface area is 188 Å². The SMILES string of the molecule is O=C(Cn1cnc2cc(-c3ccccc3)sc2c1=O)N1CCN(Cc2cccs2)CC1. The number of carbonyl (C=O) groups excluding carboxylic acids is 1. The highest BCUT2D eigenvalue weighted by Gasteiger charge is 2.22. The van der Waals surface area contributed by atoms with Crippen molar-refractivity contribution in [3.05, 3.63) is 75.5 Å². The van der Waals surface area contributed by atoms with E-state index >= 15 is 0 Å². The molecular weight excluding hydrogens is 428 g/mol. The zero-order valence-corrected chi connectivity index (χ0v) is 18.6. The first kappa shape index (κ1) is 20.1. The van der Waals surface area contributed by atoms with Crippen molar-refractivity contribution in [3.8, 4) is 10.4 Å². The second-order valence-electron chi connectivity index (χ2n) is 7.60. The highest BCUT2D eigenvalue weighted by Crippen LogP contribution is 2.30. The monoisotopic (exact) mass is 450 g/mol. The highest BCUT2D eigenvalue weighted by molar-refractivity contribution is 7.22.